The number of methoxy groups -OCH3 is 1. The fraction of sp³-hybridized carbons (Fsp3) is 0.562. The van der Waals surface area contributed by atoms with Crippen LogP contribution in [0.1, 0.15) is 19.3 Å². The third kappa shape index (κ3) is 2.60. The van der Waals surface area contributed by atoms with Gasteiger partial charge in [-0.15, -0.1) is 0 Å². The minimum Gasteiger partial charge on any atom is -0.497 e. The third-order valence-corrected chi connectivity index (χ3v) is 4.46. The first-order chi connectivity index (χ1) is 9.78. The average molecular weight is 274 g/mol. The van der Waals surface area contributed by atoms with E-state index in [0.29, 0.717) is 11.8 Å². The number of benzene rings is 1. The van der Waals surface area contributed by atoms with Crippen molar-refractivity contribution < 1.29 is 9.53 Å². The molecule has 4 nitrogen and oxygen atoms in total. The van der Waals surface area contributed by atoms with Crippen LogP contribution in [0.3, 0.4) is 0 Å². The first kappa shape index (κ1) is 13.3. The second kappa shape index (κ2) is 5.73. The highest BCUT2D eigenvalue weighted by Crippen LogP contribution is 2.29. The van der Waals surface area contributed by atoms with Gasteiger partial charge in [-0.3, -0.25) is 4.79 Å². The SMILES string of the molecule is COc1cccc(N2CCN(C(=O)C3CCC3)CC2)c1. The maximum absolute atomic E-state index is 12.2. The Morgan fingerprint density at radius 1 is 1.20 bits per heavy atom. The monoisotopic (exact) mass is 274 g/mol. The number of ether oxygens (including phenoxy) is 1. The first-order valence-electron chi connectivity index (χ1n) is 7.46. The Morgan fingerprint density at radius 2 is 1.95 bits per heavy atom. The van der Waals surface area contributed by atoms with Crippen LogP contribution in [0.4, 0.5) is 5.69 Å². The van der Waals surface area contributed by atoms with E-state index in [2.05, 4.69) is 17.0 Å². The second-order valence-corrected chi connectivity index (χ2v) is 5.64. The van der Waals surface area contributed by atoms with Gasteiger partial charge in [-0.25, -0.2) is 0 Å². The molecule has 1 saturated carbocycles. The van der Waals surface area contributed by atoms with Crippen LogP contribution in [0.25, 0.3) is 0 Å². The molecule has 3 rings (SSSR count). The molecule has 0 N–H and O–H groups in total. The molecule has 1 aliphatic heterocycles. The van der Waals surface area contributed by atoms with Gasteiger partial charge in [0.25, 0.3) is 0 Å². The summed E-state index contributed by atoms with van der Waals surface area (Å²) in [6.07, 6.45) is 3.41. The van der Waals surface area contributed by atoms with Crippen LogP contribution in [0.5, 0.6) is 5.75 Å². The Morgan fingerprint density at radius 3 is 2.55 bits per heavy atom. The minimum absolute atomic E-state index is 0.318. The van der Waals surface area contributed by atoms with Gasteiger partial charge in [-0.1, -0.05) is 12.5 Å². The highest BCUT2D eigenvalue weighted by Gasteiger charge is 2.31. The fourth-order valence-corrected chi connectivity index (χ4v) is 2.91. The van der Waals surface area contributed by atoms with Gasteiger partial charge < -0.3 is 14.5 Å². The van der Waals surface area contributed by atoms with Crippen LogP contribution < -0.4 is 9.64 Å². The number of nitrogens with zero attached hydrogens (tertiary/aromatic N) is 2. The molecule has 0 radical (unpaired) electrons. The smallest absolute Gasteiger partial charge is 0.225 e. The molecule has 2 aliphatic rings. The van der Waals surface area contributed by atoms with Crippen molar-refractivity contribution >= 4 is 11.6 Å². The molecule has 0 bridgehead atoms. The Kier molecular flexibility index (Phi) is 3.81. The van der Waals surface area contributed by atoms with Gasteiger partial charge in [-0.2, -0.15) is 0 Å². The Labute approximate surface area is 120 Å². The molecule has 1 aliphatic carbocycles. The van der Waals surface area contributed by atoms with Gasteiger partial charge in [0.05, 0.1) is 7.11 Å². The van der Waals surface area contributed by atoms with E-state index in [4.69, 9.17) is 4.74 Å². The van der Waals surface area contributed by atoms with Crippen LogP contribution in [0.2, 0.25) is 0 Å². The number of rotatable bonds is 3. The summed E-state index contributed by atoms with van der Waals surface area (Å²) >= 11 is 0. The Balaban J connectivity index is 1.58. The topological polar surface area (TPSA) is 32.8 Å². The molecule has 108 valence electrons. The number of carbonyl (C=O) groups excluding carboxylic acids is 1. The van der Waals surface area contributed by atoms with Gasteiger partial charge in [0.2, 0.25) is 5.91 Å². The van der Waals surface area contributed by atoms with Crippen LogP contribution in [0, 0.1) is 5.92 Å². The summed E-state index contributed by atoms with van der Waals surface area (Å²) < 4.78 is 5.27. The molecule has 0 aromatic heterocycles. The van der Waals surface area contributed by atoms with E-state index in [1.807, 2.05) is 17.0 Å². The summed E-state index contributed by atoms with van der Waals surface area (Å²) in [5.74, 6) is 1.58. The molecular weight excluding hydrogens is 252 g/mol. The minimum atomic E-state index is 0.318. The lowest BCUT2D eigenvalue weighted by molar-refractivity contribution is -0.138. The maximum atomic E-state index is 12.2. The van der Waals surface area contributed by atoms with Crippen molar-refractivity contribution in [2.75, 3.05) is 38.2 Å². The maximum Gasteiger partial charge on any atom is 0.225 e. The fourth-order valence-electron chi connectivity index (χ4n) is 2.91. The number of piperazine rings is 1. The van der Waals surface area contributed by atoms with E-state index in [9.17, 15) is 4.79 Å². The highest BCUT2D eigenvalue weighted by atomic mass is 16.5. The molecule has 1 heterocycles. The van der Waals surface area contributed by atoms with Crippen molar-refractivity contribution in [3.8, 4) is 5.75 Å². The highest BCUT2D eigenvalue weighted by molar-refractivity contribution is 5.79. The number of hydrogen-bond donors (Lipinski definition) is 0. The lowest BCUT2D eigenvalue weighted by Crippen LogP contribution is -2.51. The number of carbonyl (C=O) groups is 1. The molecule has 0 unspecified atom stereocenters. The van der Waals surface area contributed by atoms with Gasteiger partial charge in [0, 0.05) is 43.9 Å². The van der Waals surface area contributed by atoms with Crippen LogP contribution in [-0.2, 0) is 4.79 Å². The van der Waals surface area contributed by atoms with E-state index in [1.165, 1.54) is 12.1 Å². The molecule has 20 heavy (non-hydrogen) atoms. The molecule has 4 heteroatoms. The lowest BCUT2D eigenvalue weighted by atomic mass is 9.84. The van der Waals surface area contributed by atoms with E-state index in [0.717, 1.165) is 44.8 Å². The molecule has 1 aromatic carbocycles. The quantitative estimate of drug-likeness (QED) is 0.846. The predicted octanol–water partition coefficient (Wildman–Crippen LogP) is 2.14. The zero-order chi connectivity index (χ0) is 13.9. The normalized spacial score (nSPS) is 19.6. The van der Waals surface area contributed by atoms with E-state index < -0.39 is 0 Å². The standard InChI is InChI=1S/C16H22N2O2/c1-20-15-7-3-6-14(12-15)17-8-10-18(11-9-17)16(19)13-4-2-5-13/h3,6-7,12-13H,2,4-5,8-11H2,1H3. The van der Waals surface area contributed by atoms with Crippen molar-refractivity contribution in [3.63, 3.8) is 0 Å². The lowest BCUT2D eigenvalue weighted by Gasteiger charge is -2.39. The number of hydrogen-bond acceptors (Lipinski definition) is 3. The zero-order valence-electron chi connectivity index (χ0n) is 12.0. The molecule has 0 spiro atoms. The summed E-state index contributed by atoms with van der Waals surface area (Å²) in [5.41, 5.74) is 1.18. The molecule has 1 saturated heterocycles. The molecule has 2 fully saturated rings. The van der Waals surface area contributed by atoms with Gasteiger partial charge in [0.1, 0.15) is 5.75 Å². The van der Waals surface area contributed by atoms with Crippen LogP contribution in [-0.4, -0.2) is 44.1 Å². The van der Waals surface area contributed by atoms with Gasteiger partial charge >= 0.3 is 0 Å². The van der Waals surface area contributed by atoms with Crippen molar-refractivity contribution in [2.24, 2.45) is 5.92 Å². The second-order valence-electron chi connectivity index (χ2n) is 5.64. The number of anilines is 1. The Bertz CT molecular complexity index is 477. The Hall–Kier alpha value is -1.71. The predicted molar refractivity (Wildman–Crippen MR) is 79.1 cm³/mol. The molecule has 1 amide bonds. The van der Waals surface area contributed by atoms with E-state index in [-0.39, 0.29) is 0 Å². The summed E-state index contributed by atoms with van der Waals surface area (Å²) in [7, 11) is 1.69. The molecule has 1 aromatic rings. The van der Waals surface area contributed by atoms with E-state index >= 15 is 0 Å². The number of amides is 1. The van der Waals surface area contributed by atoms with E-state index in [1.54, 1.807) is 7.11 Å². The first-order valence-corrected chi connectivity index (χ1v) is 7.46. The average Bonchev–Trinajstić information content (AvgIpc) is 2.45. The molecule has 0 atom stereocenters. The largest absolute Gasteiger partial charge is 0.497 e. The summed E-state index contributed by atoms with van der Waals surface area (Å²) in [4.78, 5) is 16.6. The molecular formula is C16H22N2O2. The van der Waals surface area contributed by atoms with Crippen molar-refractivity contribution in [1.82, 2.24) is 4.90 Å². The van der Waals surface area contributed by atoms with Crippen molar-refractivity contribution in [2.45, 2.75) is 19.3 Å². The van der Waals surface area contributed by atoms with Crippen molar-refractivity contribution in [3.05, 3.63) is 24.3 Å². The van der Waals surface area contributed by atoms with Crippen molar-refractivity contribution in [1.29, 1.82) is 0 Å². The van der Waals surface area contributed by atoms with Gasteiger partial charge in [0.15, 0.2) is 0 Å². The zero-order valence-corrected chi connectivity index (χ0v) is 12.0. The summed E-state index contributed by atoms with van der Waals surface area (Å²) in [6.45, 7) is 3.50. The summed E-state index contributed by atoms with van der Waals surface area (Å²) in [6, 6.07) is 8.13. The third-order valence-electron chi connectivity index (χ3n) is 4.46. The van der Waals surface area contributed by atoms with Crippen LogP contribution >= 0.6 is 0 Å². The van der Waals surface area contributed by atoms with Gasteiger partial charge in [-0.05, 0) is 25.0 Å². The summed E-state index contributed by atoms with van der Waals surface area (Å²) in [5, 5.41) is 0. The van der Waals surface area contributed by atoms with Crippen LogP contribution in [0.15, 0.2) is 24.3 Å².